The van der Waals surface area contributed by atoms with E-state index in [1.807, 2.05) is 37.3 Å². The highest BCUT2D eigenvalue weighted by atomic mass is 32.2. The number of nitrogens with zero attached hydrogens (tertiary/aromatic N) is 1. The molecule has 1 unspecified atom stereocenters. The number of amides is 1. The molecule has 1 fully saturated rings. The number of carbonyl (C=O) groups excluding carboxylic acids is 1. The topological polar surface area (TPSA) is 78.5 Å². The van der Waals surface area contributed by atoms with Crippen LogP contribution in [0.25, 0.3) is 0 Å². The summed E-state index contributed by atoms with van der Waals surface area (Å²) in [4.78, 5) is 11.8. The molecule has 1 aromatic rings. The predicted molar refractivity (Wildman–Crippen MR) is 89.8 cm³/mol. The Hall–Kier alpha value is -1.44. The zero-order chi connectivity index (χ0) is 16.7. The van der Waals surface area contributed by atoms with E-state index in [2.05, 4.69) is 10.0 Å². The average molecular weight is 339 g/mol. The van der Waals surface area contributed by atoms with Crippen LogP contribution in [0.5, 0.6) is 0 Å². The van der Waals surface area contributed by atoms with E-state index in [0.29, 0.717) is 13.1 Å². The van der Waals surface area contributed by atoms with E-state index in [4.69, 9.17) is 0 Å². The highest BCUT2D eigenvalue weighted by molar-refractivity contribution is 7.87. The van der Waals surface area contributed by atoms with Crippen molar-refractivity contribution in [3.05, 3.63) is 35.9 Å². The molecule has 0 saturated carbocycles. The lowest BCUT2D eigenvalue weighted by Gasteiger charge is -2.32. The summed E-state index contributed by atoms with van der Waals surface area (Å²) < 4.78 is 28.5. The van der Waals surface area contributed by atoms with Crippen molar-refractivity contribution in [2.75, 3.05) is 13.1 Å². The molecule has 6 nitrogen and oxygen atoms in total. The van der Waals surface area contributed by atoms with E-state index in [9.17, 15) is 13.2 Å². The smallest absolute Gasteiger partial charge is 0.279 e. The van der Waals surface area contributed by atoms with Gasteiger partial charge in [0.25, 0.3) is 10.2 Å². The average Bonchev–Trinajstić information content (AvgIpc) is 2.54. The van der Waals surface area contributed by atoms with E-state index in [-0.39, 0.29) is 24.9 Å². The maximum Gasteiger partial charge on any atom is 0.279 e. The van der Waals surface area contributed by atoms with Gasteiger partial charge in [0.1, 0.15) is 0 Å². The molecule has 0 aliphatic carbocycles. The first-order valence-corrected chi connectivity index (χ1v) is 9.50. The fourth-order valence-corrected chi connectivity index (χ4v) is 4.16. The third-order valence-electron chi connectivity index (χ3n) is 4.02. The number of benzene rings is 1. The van der Waals surface area contributed by atoms with Crippen LogP contribution in [0.1, 0.15) is 38.2 Å². The Bertz CT molecular complexity index is 604. The molecule has 0 bridgehead atoms. The van der Waals surface area contributed by atoms with Crippen molar-refractivity contribution in [2.45, 2.75) is 45.2 Å². The molecular weight excluding hydrogens is 314 g/mol. The first kappa shape index (κ1) is 17.9. The van der Waals surface area contributed by atoms with Crippen LogP contribution in [0, 0.1) is 0 Å². The molecule has 0 spiro atoms. The predicted octanol–water partition coefficient (Wildman–Crippen LogP) is 1.40. The summed E-state index contributed by atoms with van der Waals surface area (Å²) in [6, 6.07) is 9.63. The van der Waals surface area contributed by atoms with Crippen LogP contribution < -0.4 is 10.0 Å². The zero-order valence-electron chi connectivity index (χ0n) is 13.5. The summed E-state index contributed by atoms with van der Waals surface area (Å²) in [6.45, 7) is 3.05. The van der Waals surface area contributed by atoms with Crippen molar-refractivity contribution < 1.29 is 13.2 Å². The summed E-state index contributed by atoms with van der Waals surface area (Å²) in [5.41, 5.74) is 1.02. The van der Waals surface area contributed by atoms with Gasteiger partial charge in [-0.1, -0.05) is 36.8 Å². The maximum absolute atomic E-state index is 12.2. The van der Waals surface area contributed by atoms with Gasteiger partial charge in [0, 0.05) is 32.1 Å². The summed E-state index contributed by atoms with van der Waals surface area (Å²) in [5, 5.41) is 2.79. The van der Waals surface area contributed by atoms with Crippen molar-refractivity contribution in [1.29, 1.82) is 0 Å². The largest absolute Gasteiger partial charge is 0.352 e. The number of nitrogens with one attached hydrogen (secondary N) is 2. The lowest BCUT2D eigenvalue weighted by molar-refractivity contribution is -0.121. The van der Waals surface area contributed by atoms with Crippen molar-refractivity contribution in [3.8, 4) is 0 Å². The van der Waals surface area contributed by atoms with Crippen molar-refractivity contribution in [2.24, 2.45) is 0 Å². The Balaban J connectivity index is 1.72. The van der Waals surface area contributed by atoms with Gasteiger partial charge in [-0.05, 0) is 25.3 Å². The second-order valence-corrected chi connectivity index (χ2v) is 7.58. The van der Waals surface area contributed by atoms with Crippen molar-refractivity contribution >= 4 is 16.1 Å². The molecular formula is C16H25N3O3S. The van der Waals surface area contributed by atoms with Crippen molar-refractivity contribution in [3.63, 3.8) is 0 Å². The minimum Gasteiger partial charge on any atom is -0.352 e. The molecule has 1 atom stereocenters. The minimum absolute atomic E-state index is 0.0214. The standard InChI is InChI=1S/C16H25N3O3S/c1-14-7-5-6-12-19(14)23(21,22)18-11-10-16(20)17-13-15-8-3-2-4-9-15/h2-4,8-9,14,18H,5-7,10-13H2,1H3,(H,17,20). The van der Waals surface area contributed by atoms with Crippen LogP contribution in [-0.4, -0.2) is 37.8 Å². The molecule has 0 radical (unpaired) electrons. The Morgan fingerprint density at radius 2 is 2.00 bits per heavy atom. The Kier molecular flexibility index (Phi) is 6.56. The van der Waals surface area contributed by atoms with Gasteiger partial charge < -0.3 is 5.32 Å². The Morgan fingerprint density at radius 1 is 1.26 bits per heavy atom. The molecule has 1 saturated heterocycles. The summed E-state index contributed by atoms with van der Waals surface area (Å²) in [5.74, 6) is -0.164. The van der Waals surface area contributed by atoms with Crippen LogP contribution in [0.4, 0.5) is 0 Å². The van der Waals surface area contributed by atoms with Gasteiger partial charge in [-0.15, -0.1) is 0 Å². The summed E-state index contributed by atoms with van der Waals surface area (Å²) in [7, 11) is -3.49. The highest BCUT2D eigenvalue weighted by Crippen LogP contribution is 2.18. The third kappa shape index (κ3) is 5.60. The van der Waals surface area contributed by atoms with Crippen LogP contribution in [-0.2, 0) is 21.5 Å². The number of hydrogen-bond acceptors (Lipinski definition) is 3. The Morgan fingerprint density at radius 3 is 2.70 bits per heavy atom. The first-order valence-electron chi connectivity index (χ1n) is 8.06. The Labute approximate surface area is 138 Å². The lowest BCUT2D eigenvalue weighted by Crippen LogP contribution is -2.48. The van der Waals surface area contributed by atoms with Crippen LogP contribution in [0.2, 0.25) is 0 Å². The maximum atomic E-state index is 12.2. The first-order chi connectivity index (χ1) is 11.0. The molecule has 0 aromatic heterocycles. The van der Waals surface area contributed by atoms with E-state index in [0.717, 1.165) is 24.8 Å². The number of carbonyl (C=O) groups is 1. The molecule has 1 heterocycles. The number of hydrogen-bond donors (Lipinski definition) is 2. The molecule has 2 rings (SSSR count). The second kappa shape index (κ2) is 8.42. The molecule has 1 aromatic carbocycles. The normalized spacial score (nSPS) is 19.4. The van der Waals surface area contributed by atoms with Gasteiger partial charge in [0.05, 0.1) is 0 Å². The number of rotatable bonds is 7. The van der Waals surface area contributed by atoms with E-state index < -0.39 is 10.2 Å². The van der Waals surface area contributed by atoms with Gasteiger partial charge in [-0.3, -0.25) is 4.79 Å². The second-order valence-electron chi connectivity index (χ2n) is 5.87. The molecule has 128 valence electrons. The summed E-state index contributed by atoms with van der Waals surface area (Å²) in [6.07, 6.45) is 2.98. The van der Waals surface area contributed by atoms with Crippen LogP contribution in [0.3, 0.4) is 0 Å². The zero-order valence-corrected chi connectivity index (χ0v) is 14.3. The highest BCUT2D eigenvalue weighted by Gasteiger charge is 2.28. The SMILES string of the molecule is CC1CCCCN1S(=O)(=O)NCCC(=O)NCc1ccccc1. The van der Waals surface area contributed by atoms with Crippen LogP contribution >= 0.6 is 0 Å². The number of piperidine rings is 1. The monoisotopic (exact) mass is 339 g/mol. The minimum atomic E-state index is -3.49. The van der Waals surface area contributed by atoms with E-state index >= 15 is 0 Å². The molecule has 23 heavy (non-hydrogen) atoms. The molecule has 1 aliphatic rings. The van der Waals surface area contributed by atoms with Crippen molar-refractivity contribution in [1.82, 2.24) is 14.3 Å². The van der Waals surface area contributed by atoms with Gasteiger partial charge in [0.15, 0.2) is 0 Å². The van der Waals surface area contributed by atoms with E-state index in [1.165, 1.54) is 4.31 Å². The molecule has 1 aliphatic heterocycles. The molecule has 1 amide bonds. The molecule has 2 N–H and O–H groups in total. The van der Waals surface area contributed by atoms with Gasteiger partial charge in [-0.2, -0.15) is 12.7 Å². The van der Waals surface area contributed by atoms with Gasteiger partial charge in [0.2, 0.25) is 5.91 Å². The van der Waals surface area contributed by atoms with Gasteiger partial charge in [-0.25, -0.2) is 4.72 Å². The van der Waals surface area contributed by atoms with E-state index in [1.54, 1.807) is 0 Å². The van der Waals surface area contributed by atoms with Gasteiger partial charge >= 0.3 is 0 Å². The van der Waals surface area contributed by atoms with Crippen LogP contribution in [0.15, 0.2) is 30.3 Å². The fraction of sp³-hybridized carbons (Fsp3) is 0.562. The fourth-order valence-electron chi connectivity index (χ4n) is 2.69. The third-order valence-corrected chi connectivity index (χ3v) is 5.75. The quantitative estimate of drug-likeness (QED) is 0.788. The summed E-state index contributed by atoms with van der Waals surface area (Å²) >= 11 is 0. The lowest BCUT2D eigenvalue weighted by atomic mass is 10.1. The molecule has 7 heteroatoms.